The number of amides is 1. The Labute approximate surface area is 134 Å². The van der Waals surface area contributed by atoms with Crippen LogP contribution in [0, 0.1) is 0 Å². The predicted octanol–water partition coefficient (Wildman–Crippen LogP) is 3.21. The van der Waals surface area contributed by atoms with Gasteiger partial charge in [0.05, 0.1) is 6.04 Å². The molecule has 4 rings (SSSR count). The highest BCUT2D eigenvalue weighted by molar-refractivity contribution is 6.00. The van der Waals surface area contributed by atoms with E-state index in [-0.39, 0.29) is 11.9 Å². The summed E-state index contributed by atoms with van der Waals surface area (Å²) in [4.78, 5) is 26.8. The number of hydrogen-bond donors (Lipinski definition) is 1. The number of carboxylic acid groups (broad SMARTS) is 1. The quantitative estimate of drug-likeness (QED) is 0.947. The standard InChI is InChI=1S/C19H17NO3/c21-18-15-9-5-4-8-14(15)16(19(22)23)17(20(18)13-10-11-13)12-6-2-1-3-7-12/h1-9,13,16-17H,10-11H2,(H,22,23)/t16-,17+/m0/s1. The Kier molecular flexibility index (Phi) is 3.18. The summed E-state index contributed by atoms with van der Waals surface area (Å²) in [6.45, 7) is 0. The maximum Gasteiger partial charge on any atom is 0.313 e. The summed E-state index contributed by atoms with van der Waals surface area (Å²) in [7, 11) is 0. The first-order valence-electron chi connectivity index (χ1n) is 7.88. The molecule has 0 spiro atoms. The molecule has 1 aliphatic heterocycles. The molecule has 23 heavy (non-hydrogen) atoms. The van der Waals surface area contributed by atoms with Gasteiger partial charge >= 0.3 is 5.97 Å². The molecule has 116 valence electrons. The van der Waals surface area contributed by atoms with Crippen molar-refractivity contribution in [3.63, 3.8) is 0 Å². The van der Waals surface area contributed by atoms with Crippen molar-refractivity contribution in [1.82, 2.24) is 4.90 Å². The number of hydrogen-bond acceptors (Lipinski definition) is 2. The predicted molar refractivity (Wildman–Crippen MR) is 85.2 cm³/mol. The number of carbonyl (C=O) groups is 2. The Bertz CT molecular complexity index is 767. The fourth-order valence-corrected chi connectivity index (χ4v) is 3.58. The summed E-state index contributed by atoms with van der Waals surface area (Å²) in [5.41, 5.74) is 2.03. The molecule has 1 heterocycles. The van der Waals surface area contributed by atoms with Crippen LogP contribution < -0.4 is 0 Å². The van der Waals surface area contributed by atoms with E-state index in [9.17, 15) is 14.7 Å². The summed E-state index contributed by atoms with van der Waals surface area (Å²) >= 11 is 0. The van der Waals surface area contributed by atoms with Gasteiger partial charge in [0.1, 0.15) is 5.92 Å². The van der Waals surface area contributed by atoms with Crippen molar-refractivity contribution in [2.75, 3.05) is 0 Å². The van der Waals surface area contributed by atoms with Crippen LogP contribution in [0.25, 0.3) is 0 Å². The zero-order valence-corrected chi connectivity index (χ0v) is 12.6. The van der Waals surface area contributed by atoms with Crippen LogP contribution in [0.3, 0.4) is 0 Å². The van der Waals surface area contributed by atoms with E-state index in [1.807, 2.05) is 30.3 Å². The smallest absolute Gasteiger partial charge is 0.313 e. The molecule has 2 aromatic carbocycles. The third-order valence-electron chi connectivity index (χ3n) is 4.72. The lowest BCUT2D eigenvalue weighted by molar-refractivity contribution is -0.140. The molecular formula is C19H17NO3. The molecule has 4 nitrogen and oxygen atoms in total. The molecule has 2 aromatic rings. The molecule has 1 N–H and O–H groups in total. The lowest BCUT2D eigenvalue weighted by Gasteiger charge is -2.41. The van der Waals surface area contributed by atoms with E-state index in [0.29, 0.717) is 11.1 Å². The van der Waals surface area contributed by atoms with E-state index >= 15 is 0 Å². The Balaban J connectivity index is 1.93. The van der Waals surface area contributed by atoms with Crippen molar-refractivity contribution in [2.45, 2.75) is 30.8 Å². The Morgan fingerprint density at radius 3 is 2.30 bits per heavy atom. The highest BCUT2D eigenvalue weighted by atomic mass is 16.4. The maximum atomic E-state index is 13.0. The van der Waals surface area contributed by atoms with Crippen LogP contribution in [0.1, 0.15) is 46.3 Å². The number of rotatable bonds is 3. The second-order valence-corrected chi connectivity index (χ2v) is 6.20. The Morgan fingerprint density at radius 2 is 1.65 bits per heavy atom. The van der Waals surface area contributed by atoms with Crippen LogP contribution in [0.2, 0.25) is 0 Å². The van der Waals surface area contributed by atoms with Crippen LogP contribution in [-0.4, -0.2) is 27.9 Å². The Morgan fingerprint density at radius 1 is 1.00 bits per heavy atom. The summed E-state index contributed by atoms with van der Waals surface area (Å²) in [6, 6.07) is 16.3. The van der Waals surface area contributed by atoms with Crippen LogP contribution >= 0.6 is 0 Å². The van der Waals surface area contributed by atoms with E-state index in [1.54, 1.807) is 29.2 Å². The summed E-state index contributed by atoms with van der Waals surface area (Å²) in [6.07, 6.45) is 1.90. The van der Waals surface area contributed by atoms with Crippen LogP contribution in [-0.2, 0) is 4.79 Å². The normalized spacial score (nSPS) is 23.5. The molecule has 2 aliphatic rings. The second kappa shape index (κ2) is 5.23. The molecule has 1 saturated carbocycles. The molecule has 2 atom stereocenters. The first-order chi connectivity index (χ1) is 11.2. The average molecular weight is 307 g/mol. The minimum Gasteiger partial charge on any atom is -0.481 e. The molecule has 0 bridgehead atoms. The molecule has 1 aliphatic carbocycles. The summed E-state index contributed by atoms with van der Waals surface area (Å²) < 4.78 is 0. The highest BCUT2D eigenvalue weighted by Gasteiger charge is 2.49. The molecule has 0 aromatic heterocycles. The molecule has 1 amide bonds. The van der Waals surface area contributed by atoms with Crippen molar-refractivity contribution in [1.29, 1.82) is 0 Å². The lowest BCUT2D eigenvalue weighted by Crippen LogP contribution is -2.46. The molecule has 4 heteroatoms. The fourth-order valence-electron chi connectivity index (χ4n) is 3.58. The van der Waals surface area contributed by atoms with Crippen molar-refractivity contribution in [2.24, 2.45) is 0 Å². The van der Waals surface area contributed by atoms with Gasteiger partial charge in [0.15, 0.2) is 0 Å². The van der Waals surface area contributed by atoms with Crippen molar-refractivity contribution in [3.05, 3.63) is 71.3 Å². The van der Waals surface area contributed by atoms with E-state index < -0.39 is 17.9 Å². The SMILES string of the molecule is O=C(O)[C@H]1c2ccccc2C(=O)N(C2CC2)[C@@H]1c1ccccc1. The van der Waals surface area contributed by atoms with Crippen LogP contribution in [0.5, 0.6) is 0 Å². The topological polar surface area (TPSA) is 57.6 Å². The van der Waals surface area contributed by atoms with E-state index in [2.05, 4.69) is 0 Å². The molecule has 0 radical (unpaired) electrons. The van der Waals surface area contributed by atoms with Gasteiger partial charge in [-0.2, -0.15) is 0 Å². The van der Waals surface area contributed by atoms with Crippen LogP contribution in [0.15, 0.2) is 54.6 Å². The zero-order valence-electron chi connectivity index (χ0n) is 12.6. The van der Waals surface area contributed by atoms with E-state index in [1.165, 1.54) is 0 Å². The first-order valence-corrected chi connectivity index (χ1v) is 7.88. The first kappa shape index (κ1) is 14.0. The molecule has 0 unspecified atom stereocenters. The monoisotopic (exact) mass is 307 g/mol. The van der Waals surface area contributed by atoms with Gasteiger partial charge in [-0.15, -0.1) is 0 Å². The number of carboxylic acids is 1. The third kappa shape index (κ3) is 2.22. The molecule has 1 fully saturated rings. The highest BCUT2D eigenvalue weighted by Crippen LogP contribution is 2.47. The second-order valence-electron chi connectivity index (χ2n) is 6.20. The van der Waals surface area contributed by atoms with Gasteiger partial charge in [-0.05, 0) is 30.0 Å². The maximum absolute atomic E-state index is 13.0. The summed E-state index contributed by atoms with van der Waals surface area (Å²) in [5.74, 6) is -1.66. The number of carbonyl (C=O) groups excluding carboxylic acids is 1. The van der Waals surface area contributed by atoms with Gasteiger partial charge in [-0.3, -0.25) is 9.59 Å². The van der Waals surface area contributed by atoms with E-state index in [0.717, 1.165) is 18.4 Å². The minimum atomic E-state index is -0.885. The molecular weight excluding hydrogens is 290 g/mol. The largest absolute Gasteiger partial charge is 0.481 e. The van der Waals surface area contributed by atoms with Gasteiger partial charge in [-0.25, -0.2) is 0 Å². The summed E-state index contributed by atoms with van der Waals surface area (Å²) in [5, 5.41) is 9.89. The number of nitrogens with zero attached hydrogens (tertiary/aromatic N) is 1. The Hall–Kier alpha value is -2.62. The van der Waals surface area contributed by atoms with Gasteiger partial charge < -0.3 is 10.0 Å². The fraction of sp³-hybridized carbons (Fsp3) is 0.263. The number of aliphatic carboxylic acids is 1. The van der Waals surface area contributed by atoms with Crippen molar-refractivity contribution in [3.8, 4) is 0 Å². The van der Waals surface area contributed by atoms with Gasteiger partial charge in [0, 0.05) is 11.6 Å². The average Bonchev–Trinajstić information content (AvgIpc) is 3.40. The van der Waals surface area contributed by atoms with Crippen molar-refractivity contribution < 1.29 is 14.7 Å². The minimum absolute atomic E-state index is 0.0468. The van der Waals surface area contributed by atoms with Gasteiger partial charge in [0.2, 0.25) is 0 Å². The van der Waals surface area contributed by atoms with Crippen molar-refractivity contribution >= 4 is 11.9 Å². The third-order valence-corrected chi connectivity index (χ3v) is 4.72. The number of benzene rings is 2. The molecule has 0 saturated heterocycles. The van der Waals surface area contributed by atoms with Gasteiger partial charge in [0.25, 0.3) is 5.91 Å². The van der Waals surface area contributed by atoms with Gasteiger partial charge in [-0.1, -0.05) is 48.5 Å². The number of fused-ring (bicyclic) bond motifs is 1. The van der Waals surface area contributed by atoms with Crippen LogP contribution in [0.4, 0.5) is 0 Å². The lowest BCUT2D eigenvalue weighted by atomic mass is 9.79. The van der Waals surface area contributed by atoms with E-state index in [4.69, 9.17) is 0 Å². The zero-order chi connectivity index (χ0) is 16.0.